The van der Waals surface area contributed by atoms with Gasteiger partial charge in [0.05, 0.1) is 12.5 Å². The van der Waals surface area contributed by atoms with Gasteiger partial charge in [0, 0.05) is 20.1 Å². The third-order valence-electron chi connectivity index (χ3n) is 2.70. The van der Waals surface area contributed by atoms with Crippen LogP contribution in [0.2, 0.25) is 0 Å². The zero-order valence-electron chi connectivity index (χ0n) is 9.35. The normalized spacial score (nSPS) is 20.0. The summed E-state index contributed by atoms with van der Waals surface area (Å²) in [7, 11) is 1.62. The van der Waals surface area contributed by atoms with E-state index in [1.165, 1.54) is 4.90 Å². The molecule has 1 aliphatic heterocycles. The Balaban J connectivity index is 2.57. The zero-order valence-corrected chi connectivity index (χ0v) is 9.35. The first-order chi connectivity index (χ1) is 7.56. The minimum Gasteiger partial charge on any atom is -0.481 e. The molecule has 0 radical (unpaired) electrons. The molecule has 1 rings (SSSR count). The van der Waals surface area contributed by atoms with E-state index >= 15 is 0 Å². The number of piperidine rings is 1. The summed E-state index contributed by atoms with van der Waals surface area (Å²) < 4.78 is 0. The van der Waals surface area contributed by atoms with E-state index in [2.05, 4.69) is 5.92 Å². The number of amides is 2. The lowest BCUT2D eigenvalue weighted by Crippen LogP contribution is -2.47. The van der Waals surface area contributed by atoms with Crippen molar-refractivity contribution in [3.8, 4) is 12.3 Å². The van der Waals surface area contributed by atoms with Gasteiger partial charge in [0.2, 0.25) is 0 Å². The van der Waals surface area contributed by atoms with Gasteiger partial charge in [-0.3, -0.25) is 4.79 Å². The summed E-state index contributed by atoms with van der Waals surface area (Å²) in [6, 6.07) is -0.191. The van der Waals surface area contributed by atoms with E-state index in [1.807, 2.05) is 0 Å². The van der Waals surface area contributed by atoms with Gasteiger partial charge in [0.25, 0.3) is 0 Å². The van der Waals surface area contributed by atoms with E-state index in [0.717, 1.165) is 6.42 Å². The molecular weight excluding hydrogens is 208 g/mol. The second-order valence-electron chi connectivity index (χ2n) is 3.97. The Hall–Kier alpha value is -1.70. The number of rotatable bonds is 2. The van der Waals surface area contributed by atoms with Crippen LogP contribution in [0.3, 0.4) is 0 Å². The highest BCUT2D eigenvalue weighted by Crippen LogP contribution is 2.17. The fourth-order valence-corrected chi connectivity index (χ4v) is 1.80. The summed E-state index contributed by atoms with van der Waals surface area (Å²) in [5.41, 5.74) is 0. The van der Waals surface area contributed by atoms with Crippen LogP contribution in [0.25, 0.3) is 0 Å². The van der Waals surface area contributed by atoms with Crippen LogP contribution in [0.4, 0.5) is 4.79 Å². The Morgan fingerprint density at radius 1 is 1.62 bits per heavy atom. The van der Waals surface area contributed by atoms with Gasteiger partial charge in [-0.2, -0.15) is 0 Å². The molecule has 0 spiro atoms. The number of nitrogens with zero attached hydrogens (tertiary/aromatic N) is 2. The predicted molar refractivity (Wildman–Crippen MR) is 58.8 cm³/mol. The Morgan fingerprint density at radius 3 is 2.88 bits per heavy atom. The first kappa shape index (κ1) is 12.4. The minimum atomic E-state index is -0.836. The van der Waals surface area contributed by atoms with E-state index in [4.69, 9.17) is 11.5 Å². The molecule has 5 nitrogen and oxygen atoms in total. The first-order valence-electron chi connectivity index (χ1n) is 5.22. The van der Waals surface area contributed by atoms with Gasteiger partial charge < -0.3 is 14.9 Å². The number of terminal acetylenes is 1. The van der Waals surface area contributed by atoms with Gasteiger partial charge >= 0.3 is 12.0 Å². The van der Waals surface area contributed by atoms with E-state index < -0.39 is 11.9 Å². The maximum absolute atomic E-state index is 11.8. The third kappa shape index (κ3) is 2.89. The largest absolute Gasteiger partial charge is 0.481 e. The molecular formula is C11H16N2O3. The summed E-state index contributed by atoms with van der Waals surface area (Å²) in [5, 5.41) is 8.90. The average molecular weight is 224 g/mol. The van der Waals surface area contributed by atoms with Crippen molar-refractivity contribution in [2.24, 2.45) is 5.92 Å². The Labute approximate surface area is 95.0 Å². The summed E-state index contributed by atoms with van der Waals surface area (Å²) in [5.74, 6) is 1.10. The van der Waals surface area contributed by atoms with Crippen LogP contribution in [0.1, 0.15) is 12.8 Å². The highest BCUT2D eigenvalue weighted by atomic mass is 16.4. The smallest absolute Gasteiger partial charge is 0.320 e. The van der Waals surface area contributed by atoms with Crippen LogP contribution in [0.5, 0.6) is 0 Å². The van der Waals surface area contributed by atoms with Crippen molar-refractivity contribution in [1.29, 1.82) is 0 Å². The second kappa shape index (κ2) is 5.40. The van der Waals surface area contributed by atoms with Crippen LogP contribution in [0, 0.1) is 18.3 Å². The molecule has 16 heavy (non-hydrogen) atoms. The first-order valence-corrected chi connectivity index (χ1v) is 5.22. The van der Waals surface area contributed by atoms with Crippen molar-refractivity contribution in [3.63, 3.8) is 0 Å². The summed E-state index contributed by atoms with van der Waals surface area (Å²) >= 11 is 0. The fraction of sp³-hybridized carbons (Fsp3) is 0.636. The second-order valence-corrected chi connectivity index (χ2v) is 3.97. The fourth-order valence-electron chi connectivity index (χ4n) is 1.80. The summed E-state index contributed by atoms with van der Waals surface area (Å²) in [6.45, 7) is 1.13. The number of urea groups is 1. The molecule has 1 saturated heterocycles. The van der Waals surface area contributed by atoms with Gasteiger partial charge in [-0.1, -0.05) is 5.92 Å². The van der Waals surface area contributed by atoms with Crippen molar-refractivity contribution in [1.82, 2.24) is 9.80 Å². The molecule has 0 bridgehead atoms. The summed E-state index contributed by atoms with van der Waals surface area (Å²) in [6.07, 6.45) is 6.48. The maximum Gasteiger partial charge on any atom is 0.320 e. The molecule has 0 aromatic rings. The molecule has 1 N–H and O–H groups in total. The topological polar surface area (TPSA) is 60.9 Å². The number of aliphatic carboxylic acids is 1. The third-order valence-corrected chi connectivity index (χ3v) is 2.70. The Kier molecular flexibility index (Phi) is 4.18. The standard InChI is InChI=1S/C11H16N2O3/c1-3-6-12(2)11(16)13-7-4-5-9(8-13)10(14)15/h1,9H,4-8H2,2H3,(H,14,15). The van der Waals surface area contributed by atoms with Crippen molar-refractivity contribution in [2.75, 3.05) is 26.7 Å². The Morgan fingerprint density at radius 2 is 2.31 bits per heavy atom. The SMILES string of the molecule is C#CCN(C)C(=O)N1CCCC(C(=O)O)C1. The van der Waals surface area contributed by atoms with Crippen LogP contribution in [0.15, 0.2) is 0 Å². The van der Waals surface area contributed by atoms with E-state index in [1.54, 1.807) is 11.9 Å². The molecule has 1 fully saturated rings. The van der Waals surface area contributed by atoms with Gasteiger partial charge in [-0.15, -0.1) is 6.42 Å². The molecule has 0 aromatic heterocycles. The van der Waals surface area contributed by atoms with Crippen molar-refractivity contribution in [3.05, 3.63) is 0 Å². The van der Waals surface area contributed by atoms with E-state index in [0.29, 0.717) is 13.0 Å². The van der Waals surface area contributed by atoms with Crippen molar-refractivity contribution < 1.29 is 14.7 Å². The monoisotopic (exact) mass is 224 g/mol. The van der Waals surface area contributed by atoms with Crippen LogP contribution in [-0.4, -0.2) is 53.6 Å². The molecule has 1 aliphatic rings. The molecule has 0 saturated carbocycles. The van der Waals surface area contributed by atoms with Crippen LogP contribution in [-0.2, 0) is 4.79 Å². The van der Waals surface area contributed by atoms with E-state index in [-0.39, 0.29) is 19.1 Å². The van der Waals surface area contributed by atoms with Gasteiger partial charge in [0.1, 0.15) is 0 Å². The lowest BCUT2D eigenvalue weighted by Gasteiger charge is -2.33. The maximum atomic E-state index is 11.8. The number of carboxylic acids is 1. The number of carbonyl (C=O) groups is 2. The molecule has 1 atom stereocenters. The lowest BCUT2D eigenvalue weighted by molar-refractivity contribution is -0.143. The number of carbonyl (C=O) groups excluding carboxylic acids is 1. The van der Waals surface area contributed by atoms with Crippen molar-refractivity contribution >= 4 is 12.0 Å². The molecule has 1 heterocycles. The highest BCUT2D eigenvalue weighted by Gasteiger charge is 2.29. The van der Waals surface area contributed by atoms with E-state index in [9.17, 15) is 9.59 Å². The average Bonchev–Trinajstić information content (AvgIpc) is 2.28. The van der Waals surface area contributed by atoms with Crippen molar-refractivity contribution in [2.45, 2.75) is 12.8 Å². The molecule has 88 valence electrons. The number of carboxylic acid groups (broad SMARTS) is 1. The summed E-state index contributed by atoms with van der Waals surface area (Å²) in [4.78, 5) is 25.6. The van der Waals surface area contributed by atoms with Gasteiger partial charge in [-0.25, -0.2) is 4.79 Å². The number of hydrogen-bond donors (Lipinski definition) is 1. The van der Waals surface area contributed by atoms with Gasteiger partial charge in [-0.05, 0) is 12.8 Å². The van der Waals surface area contributed by atoms with Gasteiger partial charge in [0.15, 0.2) is 0 Å². The van der Waals surface area contributed by atoms with Crippen LogP contribution >= 0.6 is 0 Å². The number of likely N-dealkylation sites (tertiary alicyclic amines) is 1. The lowest BCUT2D eigenvalue weighted by atomic mass is 9.99. The molecule has 0 aliphatic carbocycles. The highest BCUT2D eigenvalue weighted by molar-refractivity contribution is 5.76. The molecule has 1 unspecified atom stereocenters. The Bertz CT molecular complexity index is 322. The molecule has 0 aromatic carbocycles. The number of hydrogen-bond acceptors (Lipinski definition) is 2. The van der Waals surface area contributed by atoms with Crippen LogP contribution < -0.4 is 0 Å². The quantitative estimate of drug-likeness (QED) is 0.693. The molecule has 2 amide bonds. The predicted octanol–water partition coefficient (Wildman–Crippen LogP) is 0.468. The zero-order chi connectivity index (χ0) is 12.1. The minimum absolute atomic E-state index is 0.191. The molecule has 5 heteroatoms.